The molecule has 2 nitrogen and oxygen atoms in total. The number of hydrogen-bond donors (Lipinski definition) is 0. The number of halogens is 1. The van der Waals surface area contributed by atoms with E-state index in [4.69, 9.17) is 0 Å². The van der Waals surface area contributed by atoms with Crippen LogP contribution in [0.15, 0.2) is 46.9 Å². The molecule has 0 atom stereocenters. The van der Waals surface area contributed by atoms with E-state index in [0.717, 1.165) is 15.6 Å². The quantitative estimate of drug-likeness (QED) is 0.784. The zero-order valence-corrected chi connectivity index (χ0v) is 14.3. The molecule has 0 saturated carbocycles. The number of carbonyl (C=O) groups excluding carboxylic acids is 1. The van der Waals surface area contributed by atoms with Crippen LogP contribution in [0.4, 0.5) is 0 Å². The second-order valence-corrected chi connectivity index (χ2v) is 6.06. The Hall–Kier alpha value is -1.61. The number of carbonyl (C=O) groups is 1. The minimum Gasteiger partial charge on any atom is -0.335 e. The van der Waals surface area contributed by atoms with Crippen molar-refractivity contribution in [3.63, 3.8) is 0 Å². The van der Waals surface area contributed by atoms with Crippen LogP contribution in [0, 0.1) is 13.8 Å². The molecule has 0 heterocycles. The first kappa shape index (κ1) is 15.8. The van der Waals surface area contributed by atoms with E-state index in [2.05, 4.69) is 35.0 Å². The lowest BCUT2D eigenvalue weighted by Gasteiger charge is -2.22. The van der Waals surface area contributed by atoms with Gasteiger partial charge in [0.15, 0.2) is 0 Å². The van der Waals surface area contributed by atoms with Gasteiger partial charge in [0.25, 0.3) is 5.91 Å². The molecule has 21 heavy (non-hydrogen) atoms. The first-order valence-corrected chi connectivity index (χ1v) is 7.92. The summed E-state index contributed by atoms with van der Waals surface area (Å²) in [6.07, 6.45) is 0. The Morgan fingerprint density at radius 3 is 2.43 bits per heavy atom. The highest BCUT2D eigenvalue weighted by Crippen LogP contribution is 2.20. The fourth-order valence-electron chi connectivity index (χ4n) is 2.23. The predicted octanol–water partition coefficient (Wildman–Crippen LogP) is 4.73. The van der Waals surface area contributed by atoms with Crippen molar-refractivity contribution in [2.24, 2.45) is 0 Å². The van der Waals surface area contributed by atoms with Crippen molar-refractivity contribution >= 4 is 21.8 Å². The summed E-state index contributed by atoms with van der Waals surface area (Å²) in [4.78, 5) is 14.5. The SMILES string of the molecule is CCN(Cc1ccccc1C)C(=O)c1ccc(C)c(Br)c1. The van der Waals surface area contributed by atoms with Crippen molar-refractivity contribution in [1.82, 2.24) is 4.90 Å². The van der Waals surface area contributed by atoms with Gasteiger partial charge in [-0.2, -0.15) is 0 Å². The standard InChI is InChI=1S/C18H20BrNO/c1-4-20(12-16-8-6-5-7-13(16)2)18(21)15-10-9-14(3)17(19)11-15/h5-11H,4,12H2,1-3H3. The maximum absolute atomic E-state index is 12.7. The molecular weight excluding hydrogens is 326 g/mol. The van der Waals surface area contributed by atoms with Gasteiger partial charge in [0.1, 0.15) is 0 Å². The second-order valence-electron chi connectivity index (χ2n) is 5.21. The summed E-state index contributed by atoms with van der Waals surface area (Å²) in [7, 11) is 0. The van der Waals surface area contributed by atoms with Gasteiger partial charge in [-0.15, -0.1) is 0 Å². The van der Waals surface area contributed by atoms with Crippen LogP contribution in [-0.4, -0.2) is 17.4 Å². The van der Waals surface area contributed by atoms with Crippen molar-refractivity contribution in [3.05, 3.63) is 69.2 Å². The zero-order chi connectivity index (χ0) is 15.4. The molecule has 0 fully saturated rings. The van der Waals surface area contributed by atoms with Crippen molar-refractivity contribution in [3.8, 4) is 0 Å². The van der Waals surface area contributed by atoms with E-state index in [0.29, 0.717) is 13.1 Å². The average molecular weight is 346 g/mol. The number of benzene rings is 2. The smallest absolute Gasteiger partial charge is 0.254 e. The highest BCUT2D eigenvalue weighted by molar-refractivity contribution is 9.10. The number of aryl methyl sites for hydroxylation is 2. The van der Waals surface area contributed by atoms with E-state index >= 15 is 0 Å². The Labute approximate surface area is 134 Å². The predicted molar refractivity (Wildman–Crippen MR) is 90.5 cm³/mol. The number of amides is 1. The van der Waals surface area contributed by atoms with Gasteiger partial charge in [0.05, 0.1) is 0 Å². The van der Waals surface area contributed by atoms with E-state index in [1.54, 1.807) is 0 Å². The van der Waals surface area contributed by atoms with Crippen LogP contribution in [0.5, 0.6) is 0 Å². The molecule has 3 heteroatoms. The van der Waals surface area contributed by atoms with E-state index in [1.807, 2.05) is 49.1 Å². The maximum Gasteiger partial charge on any atom is 0.254 e. The van der Waals surface area contributed by atoms with Crippen LogP contribution < -0.4 is 0 Å². The van der Waals surface area contributed by atoms with E-state index in [9.17, 15) is 4.79 Å². The van der Waals surface area contributed by atoms with Gasteiger partial charge >= 0.3 is 0 Å². The van der Waals surface area contributed by atoms with Crippen molar-refractivity contribution in [1.29, 1.82) is 0 Å². The molecule has 0 aliphatic rings. The van der Waals surface area contributed by atoms with Crippen LogP contribution >= 0.6 is 15.9 Å². The van der Waals surface area contributed by atoms with Crippen molar-refractivity contribution < 1.29 is 4.79 Å². The molecule has 2 aromatic carbocycles. The van der Waals surface area contributed by atoms with Gasteiger partial charge in [-0.1, -0.05) is 46.3 Å². The summed E-state index contributed by atoms with van der Waals surface area (Å²) in [5, 5.41) is 0. The first-order chi connectivity index (χ1) is 10.0. The molecule has 0 aliphatic heterocycles. The van der Waals surface area contributed by atoms with Gasteiger partial charge in [0, 0.05) is 23.1 Å². The summed E-state index contributed by atoms with van der Waals surface area (Å²) < 4.78 is 0.972. The number of rotatable bonds is 4. The van der Waals surface area contributed by atoms with Crippen LogP contribution in [-0.2, 0) is 6.54 Å². The average Bonchev–Trinajstić information content (AvgIpc) is 2.48. The monoisotopic (exact) mass is 345 g/mol. The molecule has 0 bridgehead atoms. The molecule has 0 aromatic heterocycles. The van der Waals surface area contributed by atoms with Crippen LogP contribution in [0.2, 0.25) is 0 Å². The maximum atomic E-state index is 12.7. The number of nitrogens with zero attached hydrogens (tertiary/aromatic N) is 1. The minimum absolute atomic E-state index is 0.0708. The fraction of sp³-hybridized carbons (Fsp3) is 0.278. The Morgan fingerprint density at radius 1 is 1.10 bits per heavy atom. The Morgan fingerprint density at radius 2 is 1.81 bits per heavy atom. The lowest BCUT2D eigenvalue weighted by molar-refractivity contribution is 0.0752. The van der Waals surface area contributed by atoms with Gasteiger partial charge in [-0.25, -0.2) is 0 Å². The normalized spacial score (nSPS) is 10.5. The Kier molecular flexibility index (Phi) is 5.18. The van der Waals surface area contributed by atoms with E-state index in [-0.39, 0.29) is 5.91 Å². The molecule has 0 saturated heterocycles. The minimum atomic E-state index is 0.0708. The molecule has 0 spiro atoms. The van der Waals surface area contributed by atoms with Gasteiger partial charge in [-0.3, -0.25) is 4.79 Å². The summed E-state index contributed by atoms with van der Waals surface area (Å²) in [6.45, 7) is 7.45. The molecule has 2 rings (SSSR count). The summed E-state index contributed by atoms with van der Waals surface area (Å²) in [5.74, 6) is 0.0708. The summed E-state index contributed by atoms with van der Waals surface area (Å²) in [6, 6.07) is 14.0. The van der Waals surface area contributed by atoms with Crippen molar-refractivity contribution in [2.45, 2.75) is 27.3 Å². The molecule has 110 valence electrons. The second kappa shape index (κ2) is 6.90. The van der Waals surface area contributed by atoms with E-state index < -0.39 is 0 Å². The highest BCUT2D eigenvalue weighted by Gasteiger charge is 2.15. The van der Waals surface area contributed by atoms with Crippen LogP contribution in [0.3, 0.4) is 0 Å². The van der Waals surface area contributed by atoms with Crippen LogP contribution in [0.25, 0.3) is 0 Å². The molecule has 2 aromatic rings. The molecule has 0 aliphatic carbocycles. The molecule has 0 radical (unpaired) electrons. The van der Waals surface area contributed by atoms with Gasteiger partial charge in [0.2, 0.25) is 0 Å². The molecule has 1 amide bonds. The lowest BCUT2D eigenvalue weighted by Crippen LogP contribution is -2.30. The van der Waals surface area contributed by atoms with Crippen LogP contribution in [0.1, 0.15) is 34.0 Å². The molecule has 0 N–H and O–H groups in total. The molecule has 0 unspecified atom stereocenters. The fourth-order valence-corrected chi connectivity index (χ4v) is 2.61. The Balaban J connectivity index is 2.22. The third kappa shape index (κ3) is 3.73. The first-order valence-electron chi connectivity index (χ1n) is 7.13. The topological polar surface area (TPSA) is 20.3 Å². The Bertz CT molecular complexity index is 651. The largest absolute Gasteiger partial charge is 0.335 e. The van der Waals surface area contributed by atoms with E-state index in [1.165, 1.54) is 11.1 Å². The number of hydrogen-bond acceptors (Lipinski definition) is 1. The lowest BCUT2D eigenvalue weighted by atomic mass is 10.1. The van der Waals surface area contributed by atoms with Gasteiger partial charge < -0.3 is 4.90 Å². The third-order valence-corrected chi connectivity index (χ3v) is 4.56. The highest BCUT2D eigenvalue weighted by atomic mass is 79.9. The molecular formula is C18H20BrNO. The van der Waals surface area contributed by atoms with Crippen molar-refractivity contribution in [2.75, 3.05) is 6.54 Å². The van der Waals surface area contributed by atoms with Gasteiger partial charge in [-0.05, 0) is 49.6 Å². The summed E-state index contributed by atoms with van der Waals surface area (Å²) >= 11 is 3.49. The summed E-state index contributed by atoms with van der Waals surface area (Å²) in [5.41, 5.74) is 4.27. The zero-order valence-electron chi connectivity index (χ0n) is 12.7. The third-order valence-electron chi connectivity index (χ3n) is 3.71.